The Balaban J connectivity index is 1.23. The van der Waals surface area contributed by atoms with Gasteiger partial charge in [0.25, 0.3) is 11.8 Å². The third kappa shape index (κ3) is 4.46. The number of hydrogen-bond acceptors (Lipinski definition) is 8. The zero-order valence-electron chi connectivity index (χ0n) is 19.0. The number of hydrogen-bond donors (Lipinski definition) is 1. The number of carbonyl (C=O) groups is 3. The minimum Gasteiger partial charge on any atom is -0.495 e. The second kappa shape index (κ2) is 9.67. The number of nitrogens with zero attached hydrogens (tertiary/aromatic N) is 4. The van der Waals surface area contributed by atoms with Crippen LogP contribution in [-0.2, 0) is 14.4 Å². The maximum atomic E-state index is 13.1. The SMILES string of the molecule is COc1ccc(N2C(=O)[C@H]3N=NN(CC(=O)Nc4ccc(Oc5ccccc5)cc4)[C@@H]3C2=O)cc1Cl. The number of methoxy groups -OCH3 is 1. The first kappa shape index (κ1) is 23.3. The van der Waals surface area contributed by atoms with Crippen LogP contribution in [0.3, 0.4) is 0 Å². The van der Waals surface area contributed by atoms with Crippen LogP contribution in [0.2, 0.25) is 5.02 Å². The van der Waals surface area contributed by atoms with Crippen LogP contribution in [0, 0.1) is 0 Å². The first-order valence-corrected chi connectivity index (χ1v) is 11.3. The van der Waals surface area contributed by atoms with Crippen molar-refractivity contribution in [1.82, 2.24) is 5.01 Å². The molecule has 1 saturated heterocycles. The van der Waals surface area contributed by atoms with Gasteiger partial charge < -0.3 is 14.8 Å². The van der Waals surface area contributed by atoms with Gasteiger partial charge in [-0.2, -0.15) is 5.11 Å². The standard InChI is InChI=1S/C25H20ClN5O5/c1-35-20-12-9-16(13-19(20)26)31-24(33)22-23(25(31)34)30(29-28-22)14-21(32)27-15-7-10-18(11-8-15)36-17-5-3-2-4-6-17/h2-13,22-23H,14H2,1H3,(H,27,32)/t22-,23-/m0/s1. The molecule has 5 rings (SSSR count). The second-order valence-corrected chi connectivity index (χ2v) is 8.42. The van der Waals surface area contributed by atoms with Crippen molar-refractivity contribution < 1.29 is 23.9 Å². The molecule has 10 nitrogen and oxygen atoms in total. The Kier molecular flexibility index (Phi) is 6.26. The molecule has 2 aliphatic heterocycles. The van der Waals surface area contributed by atoms with Crippen molar-refractivity contribution in [3.63, 3.8) is 0 Å². The highest BCUT2D eigenvalue weighted by molar-refractivity contribution is 6.33. The number of anilines is 2. The normalized spacial score (nSPS) is 18.4. The molecule has 3 aromatic rings. The van der Waals surface area contributed by atoms with Crippen molar-refractivity contribution in [2.45, 2.75) is 12.1 Å². The van der Waals surface area contributed by atoms with Gasteiger partial charge in [0.1, 0.15) is 23.8 Å². The van der Waals surface area contributed by atoms with Gasteiger partial charge in [-0.3, -0.25) is 19.4 Å². The molecule has 0 spiro atoms. The first-order chi connectivity index (χ1) is 17.4. The molecular formula is C25H20ClN5O5. The fraction of sp³-hybridized carbons (Fsp3) is 0.160. The molecule has 2 heterocycles. The number of benzene rings is 3. The van der Waals surface area contributed by atoms with Crippen LogP contribution in [0.5, 0.6) is 17.2 Å². The lowest BCUT2D eigenvalue weighted by atomic mass is 10.1. The van der Waals surface area contributed by atoms with Gasteiger partial charge in [0.05, 0.1) is 17.8 Å². The number of carbonyl (C=O) groups excluding carboxylic acids is 3. The largest absolute Gasteiger partial charge is 0.495 e. The maximum Gasteiger partial charge on any atom is 0.263 e. The molecule has 1 N–H and O–H groups in total. The Labute approximate surface area is 211 Å². The summed E-state index contributed by atoms with van der Waals surface area (Å²) >= 11 is 6.16. The Morgan fingerprint density at radius 1 is 1.00 bits per heavy atom. The Bertz CT molecular complexity index is 1350. The van der Waals surface area contributed by atoms with Gasteiger partial charge in [0.2, 0.25) is 5.91 Å². The van der Waals surface area contributed by atoms with Crippen molar-refractivity contribution in [2.24, 2.45) is 10.3 Å². The van der Waals surface area contributed by atoms with Gasteiger partial charge in [-0.05, 0) is 54.6 Å². The van der Waals surface area contributed by atoms with Crippen LogP contribution in [0.1, 0.15) is 0 Å². The zero-order valence-corrected chi connectivity index (χ0v) is 19.8. The van der Waals surface area contributed by atoms with E-state index in [2.05, 4.69) is 15.7 Å². The number of fused-ring (bicyclic) bond motifs is 1. The molecule has 0 saturated carbocycles. The van der Waals surface area contributed by atoms with E-state index in [0.29, 0.717) is 28.6 Å². The van der Waals surface area contributed by atoms with E-state index in [1.807, 2.05) is 30.3 Å². The fourth-order valence-electron chi connectivity index (χ4n) is 3.98. The molecule has 182 valence electrons. The molecule has 1 fully saturated rings. The number of amides is 3. The summed E-state index contributed by atoms with van der Waals surface area (Å²) in [5.74, 6) is 0.238. The molecule has 0 unspecified atom stereocenters. The maximum absolute atomic E-state index is 13.1. The average Bonchev–Trinajstić information content (AvgIpc) is 3.39. The van der Waals surface area contributed by atoms with Gasteiger partial charge in [0, 0.05) is 5.69 Å². The van der Waals surface area contributed by atoms with Crippen LogP contribution in [0.25, 0.3) is 0 Å². The van der Waals surface area contributed by atoms with Gasteiger partial charge in [-0.1, -0.05) is 35.0 Å². The fourth-order valence-corrected chi connectivity index (χ4v) is 4.23. The molecule has 0 bridgehead atoms. The second-order valence-electron chi connectivity index (χ2n) is 8.01. The number of halogens is 1. The lowest BCUT2D eigenvalue weighted by Gasteiger charge is -2.20. The summed E-state index contributed by atoms with van der Waals surface area (Å²) in [5, 5.41) is 12.1. The van der Waals surface area contributed by atoms with Crippen molar-refractivity contribution >= 4 is 40.7 Å². The number of para-hydroxylation sites is 1. The van der Waals surface area contributed by atoms with E-state index >= 15 is 0 Å². The molecule has 0 aromatic heterocycles. The van der Waals surface area contributed by atoms with E-state index in [-0.39, 0.29) is 11.6 Å². The van der Waals surface area contributed by atoms with Crippen molar-refractivity contribution in [2.75, 3.05) is 23.9 Å². The monoisotopic (exact) mass is 505 g/mol. The molecule has 11 heteroatoms. The predicted octanol–water partition coefficient (Wildman–Crippen LogP) is 4.07. The van der Waals surface area contributed by atoms with E-state index in [9.17, 15) is 14.4 Å². The van der Waals surface area contributed by atoms with Crippen LogP contribution in [-0.4, -0.2) is 48.5 Å². The minimum atomic E-state index is -1.03. The van der Waals surface area contributed by atoms with Crippen LogP contribution in [0.4, 0.5) is 11.4 Å². The highest BCUT2D eigenvalue weighted by atomic mass is 35.5. The van der Waals surface area contributed by atoms with E-state index in [1.54, 1.807) is 36.4 Å². The summed E-state index contributed by atoms with van der Waals surface area (Å²) in [6.45, 7) is -0.261. The Morgan fingerprint density at radius 2 is 1.72 bits per heavy atom. The lowest BCUT2D eigenvalue weighted by molar-refractivity contribution is -0.123. The first-order valence-electron chi connectivity index (χ1n) is 11.0. The van der Waals surface area contributed by atoms with Gasteiger partial charge in [-0.25, -0.2) is 4.90 Å². The molecule has 2 atom stereocenters. The molecule has 2 aliphatic rings. The molecule has 0 aliphatic carbocycles. The third-order valence-electron chi connectivity index (χ3n) is 5.67. The summed E-state index contributed by atoms with van der Waals surface area (Å²) in [5.41, 5.74) is 0.832. The third-order valence-corrected chi connectivity index (χ3v) is 5.97. The summed E-state index contributed by atoms with van der Waals surface area (Å²) in [7, 11) is 1.47. The van der Waals surface area contributed by atoms with Gasteiger partial charge in [0.15, 0.2) is 12.1 Å². The number of ether oxygens (including phenoxy) is 2. The van der Waals surface area contributed by atoms with Crippen LogP contribution < -0.4 is 19.7 Å². The highest BCUT2D eigenvalue weighted by Gasteiger charge is 2.55. The van der Waals surface area contributed by atoms with E-state index in [4.69, 9.17) is 21.1 Å². The van der Waals surface area contributed by atoms with E-state index in [1.165, 1.54) is 18.2 Å². The predicted molar refractivity (Wildman–Crippen MR) is 131 cm³/mol. The number of imide groups is 1. The molecule has 3 amide bonds. The van der Waals surface area contributed by atoms with Crippen molar-refractivity contribution in [3.8, 4) is 17.2 Å². The summed E-state index contributed by atoms with van der Waals surface area (Å²) in [6, 6.07) is 18.7. The number of nitrogens with one attached hydrogen (secondary N) is 1. The molecule has 36 heavy (non-hydrogen) atoms. The topological polar surface area (TPSA) is 113 Å². The summed E-state index contributed by atoms with van der Waals surface area (Å²) < 4.78 is 10.9. The Morgan fingerprint density at radius 3 is 2.42 bits per heavy atom. The highest BCUT2D eigenvalue weighted by Crippen LogP contribution is 2.35. The van der Waals surface area contributed by atoms with Crippen LogP contribution in [0.15, 0.2) is 83.1 Å². The lowest BCUT2D eigenvalue weighted by Crippen LogP contribution is -2.43. The van der Waals surface area contributed by atoms with Gasteiger partial charge >= 0.3 is 0 Å². The molecule has 3 aromatic carbocycles. The van der Waals surface area contributed by atoms with Gasteiger partial charge in [-0.15, -0.1) is 0 Å². The summed E-state index contributed by atoms with van der Waals surface area (Å²) in [6.07, 6.45) is 0. The number of rotatable bonds is 7. The minimum absolute atomic E-state index is 0.255. The molecular weight excluding hydrogens is 486 g/mol. The van der Waals surface area contributed by atoms with E-state index < -0.39 is 29.8 Å². The zero-order chi connectivity index (χ0) is 25.2. The Hall–Kier alpha value is -4.44. The average molecular weight is 506 g/mol. The van der Waals surface area contributed by atoms with Crippen molar-refractivity contribution in [3.05, 3.63) is 77.8 Å². The van der Waals surface area contributed by atoms with Crippen molar-refractivity contribution in [1.29, 1.82) is 0 Å². The smallest absolute Gasteiger partial charge is 0.263 e. The van der Waals surface area contributed by atoms with E-state index in [0.717, 1.165) is 4.90 Å². The molecule has 0 radical (unpaired) electrons. The summed E-state index contributed by atoms with van der Waals surface area (Å²) in [4.78, 5) is 39.7. The quantitative estimate of drug-likeness (QED) is 0.484. The van der Waals surface area contributed by atoms with Crippen LogP contribution >= 0.6 is 11.6 Å².